The number of nitrogens with two attached hydrogens (primary N) is 1. The maximum atomic E-state index is 12.9. The quantitative estimate of drug-likeness (QED) is 0.642. The van der Waals surface area contributed by atoms with Crippen molar-refractivity contribution in [3.05, 3.63) is 29.3 Å². The van der Waals surface area contributed by atoms with Crippen molar-refractivity contribution in [1.29, 1.82) is 0 Å². The smallest absolute Gasteiger partial charge is 0.262 e. The number of carbonyl (C=O) groups excluding carboxylic acids is 4. The van der Waals surface area contributed by atoms with E-state index in [4.69, 9.17) is 5.73 Å². The van der Waals surface area contributed by atoms with Crippen molar-refractivity contribution >= 4 is 29.3 Å². The number of anilines is 1. The van der Waals surface area contributed by atoms with E-state index < -0.39 is 23.8 Å². The van der Waals surface area contributed by atoms with Gasteiger partial charge in [-0.1, -0.05) is 0 Å². The Morgan fingerprint density at radius 1 is 0.966 bits per heavy atom. The van der Waals surface area contributed by atoms with E-state index in [1.54, 1.807) is 18.2 Å². The molecule has 154 valence electrons. The van der Waals surface area contributed by atoms with Gasteiger partial charge in [-0.25, -0.2) is 0 Å². The molecule has 2 fully saturated rings. The first-order valence-corrected chi connectivity index (χ1v) is 10.3. The van der Waals surface area contributed by atoms with Crippen molar-refractivity contribution in [2.45, 2.75) is 44.6 Å². The molecule has 1 saturated carbocycles. The standard InChI is InChI=1S/C21H26N4O4/c22-10-12-1-3-13(4-2-12)11-23-14-5-6-15-16(9-14)21(29)25(20(15)28)17-7-8-18(26)24-19(17)27/h5-6,9,12-13,17,23H,1-4,7-8,10-11,22H2,(H,24,26,27). The maximum Gasteiger partial charge on any atom is 0.262 e. The Bertz CT molecular complexity index is 860. The molecule has 2 heterocycles. The summed E-state index contributed by atoms with van der Waals surface area (Å²) >= 11 is 0. The molecule has 29 heavy (non-hydrogen) atoms. The third kappa shape index (κ3) is 3.76. The van der Waals surface area contributed by atoms with Crippen LogP contribution in [-0.4, -0.2) is 47.7 Å². The first-order valence-electron chi connectivity index (χ1n) is 10.3. The van der Waals surface area contributed by atoms with E-state index in [2.05, 4.69) is 10.6 Å². The topological polar surface area (TPSA) is 122 Å². The van der Waals surface area contributed by atoms with Gasteiger partial charge in [0.1, 0.15) is 6.04 Å². The number of fused-ring (bicyclic) bond motifs is 1. The van der Waals surface area contributed by atoms with Crippen molar-refractivity contribution in [3.8, 4) is 0 Å². The predicted octanol–water partition coefficient (Wildman–Crippen LogP) is 1.26. The van der Waals surface area contributed by atoms with Crippen molar-refractivity contribution in [3.63, 3.8) is 0 Å². The zero-order valence-corrected chi connectivity index (χ0v) is 16.3. The second-order valence-corrected chi connectivity index (χ2v) is 8.21. The fraction of sp³-hybridized carbons (Fsp3) is 0.524. The molecule has 2 aliphatic heterocycles. The third-order valence-electron chi connectivity index (χ3n) is 6.33. The van der Waals surface area contributed by atoms with Gasteiger partial charge in [-0.2, -0.15) is 0 Å². The minimum atomic E-state index is -0.936. The lowest BCUT2D eigenvalue weighted by molar-refractivity contribution is -0.136. The number of piperidine rings is 1. The summed E-state index contributed by atoms with van der Waals surface area (Å²) in [7, 11) is 0. The number of rotatable bonds is 5. The van der Waals surface area contributed by atoms with Gasteiger partial charge in [-0.05, 0) is 68.7 Å². The van der Waals surface area contributed by atoms with Crippen LogP contribution in [0.15, 0.2) is 18.2 Å². The van der Waals surface area contributed by atoms with E-state index in [1.165, 1.54) is 0 Å². The molecule has 1 aromatic rings. The van der Waals surface area contributed by atoms with Crippen LogP contribution in [0.2, 0.25) is 0 Å². The van der Waals surface area contributed by atoms with Gasteiger partial charge in [0.25, 0.3) is 11.8 Å². The van der Waals surface area contributed by atoms with E-state index in [0.29, 0.717) is 23.0 Å². The lowest BCUT2D eigenvalue weighted by Crippen LogP contribution is -2.54. The van der Waals surface area contributed by atoms with Crippen LogP contribution >= 0.6 is 0 Å². The molecular formula is C21H26N4O4. The Morgan fingerprint density at radius 3 is 2.34 bits per heavy atom. The minimum Gasteiger partial charge on any atom is -0.385 e. The summed E-state index contributed by atoms with van der Waals surface area (Å²) in [5, 5.41) is 5.59. The minimum absolute atomic E-state index is 0.114. The number of imide groups is 2. The van der Waals surface area contributed by atoms with E-state index >= 15 is 0 Å². The number of amides is 4. The van der Waals surface area contributed by atoms with E-state index in [0.717, 1.165) is 49.4 Å². The molecule has 0 bridgehead atoms. The number of hydrogen-bond acceptors (Lipinski definition) is 6. The van der Waals surface area contributed by atoms with Crippen LogP contribution in [0.3, 0.4) is 0 Å². The summed E-state index contributed by atoms with van der Waals surface area (Å²) < 4.78 is 0. The van der Waals surface area contributed by atoms with Gasteiger partial charge in [0.2, 0.25) is 11.8 Å². The summed E-state index contributed by atoms with van der Waals surface area (Å²) in [5.41, 5.74) is 7.14. The third-order valence-corrected chi connectivity index (χ3v) is 6.33. The summed E-state index contributed by atoms with van der Waals surface area (Å²) in [6.45, 7) is 1.57. The van der Waals surface area contributed by atoms with E-state index in [9.17, 15) is 19.2 Å². The molecule has 0 aromatic heterocycles. The number of benzene rings is 1. The van der Waals surface area contributed by atoms with Gasteiger partial charge >= 0.3 is 0 Å². The van der Waals surface area contributed by atoms with Crippen molar-refractivity contribution < 1.29 is 19.2 Å². The average molecular weight is 398 g/mol. The van der Waals surface area contributed by atoms with Crippen LogP contribution in [-0.2, 0) is 9.59 Å². The molecule has 8 nitrogen and oxygen atoms in total. The Morgan fingerprint density at radius 2 is 1.66 bits per heavy atom. The Hall–Kier alpha value is -2.74. The zero-order chi connectivity index (χ0) is 20.5. The molecule has 3 aliphatic rings. The molecule has 0 spiro atoms. The second-order valence-electron chi connectivity index (χ2n) is 8.21. The molecule has 4 amide bonds. The molecule has 1 saturated heterocycles. The van der Waals surface area contributed by atoms with Gasteiger partial charge in [0.15, 0.2) is 0 Å². The van der Waals surface area contributed by atoms with E-state index in [-0.39, 0.29) is 18.7 Å². The van der Waals surface area contributed by atoms with Crippen molar-refractivity contribution in [1.82, 2.24) is 10.2 Å². The summed E-state index contributed by atoms with van der Waals surface area (Å²) in [6.07, 6.45) is 4.86. The number of nitrogens with zero attached hydrogens (tertiary/aromatic N) is 1. The van der Waals surface area contributed by atoms with Crippen LogP contribution in [0.4, 0.5) is 5.69 Å². The monoisotopic (exact) mass is 398 g/mol. The van der Waals surface area contributed by atoms with Gasteiger partial charge in [-0.15, -0.1) is 0 Å². The van der Waals surface area contributed by atoms with Crippen LogP contribution in [0.5, 0.6) is 0 Å². The average Bonchev–Trinajstić information content (AvgIpc) is 2.97. The summed E-state index contributed by atoms with van der Waals surface area (Å²) in [4.78, 5) is 50.1. The van der Waals surface area contributed by atoms with Crippen LogP contribution in [0.25, 0.3) is 0 Å². The molecule has 1 aliphatic carbocycles. The molecule has 1 aromatic carbocycles. The fourth-order valence-electron chi connectivity index (χ4n) is 4.51. The SMILES string of the molecule is NCC1CCC(CNc2ccc3c(c2)C(=O)N(C2CCC(=O)NC2=O)C3=O)CC1. The van der Waals surface area contributed by atoms with Crippen LogP contribution < -0.4 is 16.4 Å². The van der Waals surface area contributed by atoms with Gasteiger partial charge < -0.3 is 11.1 Å². The normalized spacial score (nSPS) is 27.1. The van der Waals surface area contributed by atoms with Crippen molar-refractivity contribution in [2.24, 2.45) is 17.6 Å². The highest BCUT2D eigenvalue weighted by atomic mass is 16.2. The fourth-order valence-corrected chi connectivity index (χ4v) is 4.51. The van der Waals surface area contributed by atoms with Crippen LogP contribution in [0, 0.1) is 11.8 Å². The maximum absolute atomic E-state index is 12.9. The molecule has 1 atom stereocenters. The summed E-state index contributed by atoms with van der Waals surface area (Å²) in [5.74, 6) is -0.730. The highest BCUT2D eigenvalue weighted by Crippen LogP contribution is 2.31. The lowest BCUT2D eigenvalue weighted by atomic mass is 9.82. The lowest BCUT2D eigenvalue weighted by Gasteiger charge is -2.28. The molecule has 1 unspecified atom stereocenters. The van der Waals surface area contributed by atoms with Gasteiger partial charge in [-0.3, -0.25) is 29.4 Å². The molecule has 0 radical (unpaired) electrons. The Balaban J connectivity index is 1.43. The Labute approximate surface area is 169 Å². The highest BCUT2D eigenvalue weighted by molar-refractivity contribution is 6.23. The summed E-state index contributed by atoms with van der Waals surface area (Å²) in [6, 6.07) is 4.18. The number of nitrogens with one attached hydrogen (secondary N) is 2. The first-order chi connectivity index (χ1) is 14.0. The molecule has 4 N–H and O–H groups in total. The Kier molecular flexibility index (Phi) is 5.36. The second kappa shape index (κ2) is 7.94. The molecule has 8 heteroatoms. The van der Waals surface area contributed by atoms with Crippen molar-refractivity contribution in [2.75, 3.05) is 18.4 Å². The molecular weight excluding hydrogens is 372 g/mol. The van der Waals surface area contributed by atoms with Gasteiger partial charge in [0.05, 0.1) is 11.1 Å². The number of carbonyl (C=O) groups is 4. The highest BCUT2D eigenvalue weighted by Gasteiger charge is 2.44. The van der Waals surface area contributed by atoms with Gasteiger partial charge in [0, 0.05) is 18.7 Å². The largest absolute Gasteiger partial charge is 0.385 e. The zero-order valence-electron chi connectivity index (χ0n) is 16.3. The van der Waals surface area contributed by atoms with Crippen LogP contribution in [0.1, 0.15) is 59.2 Å². The number of hydrogen-bond donors (Lipinski definition) is 3. The predicted molar refractivity (Wildman–Crippen MR) is 106 cm³/mol. The first kappa shape index (κ1) is 19.6. The molecule has 4 rings (SSSR count). The van der Waals surface area contributed by atoms with E-state index in [1.807, 2.05) is 0 Å².